The molecule has 0 radical (unpaired) electrons. The van der Waals surface area contributed by atoms with Gasteiger partial charge in [0.1, 0.15) is 0 Å². The average molecular weight is 239 g/mol. The van der Waals surface area contributed by atoms with Crippen LogP contribution in [-0.2, 0) is 6.54 Å². The Kier molecular flexibility index (Phi) is 3.53. The molecule has 0 unspecified atom stereocenters. The van der Waals surface area contributed by atoms with Gasteiger partial charge in [-0.1, -0.05) is 6.07 Å². The first kappa shape index (κ1) is 11.8. The molecule has 0 aromatic carbocycles. The van der Waals surface area contributed by atoms with Crippen molar-refractivity contribution in [2.24, 2.45) is 0 Å². The summed E-state index contributed by atoms with van der Waals surface area (Å²) in [6, 6.07) is 4.71. The third kappa shape index (κ3) is 3.13. The van der Waals surface area contributed by atoms with Crippen LogP contribution >= 0.6 is 0 Å². The Morgan fingerprint density at radius 1 is 1.35 bits per heavy atom. The summed E-state index contributed by atoms with van der Waals surface area (Å²) < 4.78 is 12.9. The highest BCUT2D eigenvalue weighted by molar-refractivity contribution is 5.65. The van der Waals surface area contributed by atoms with Crippen molar-refractivity contribution in [2.75, 3.05) is 26.2 Å². The number of amides is 1. The second kappa shape index (κ2) is 5.09. The van der Waals surface area contributed by atoms with E-state index < -0.39 is 12.0 Å². The zero-order chi connectivity index (χ0) is 12.3. The molecule has 1 aromatic heterocycles. The van der Waals surface area contributed by atoms with Crippen LogP contribution in [0.25, 0.3) is 0 Å². The number of carboxylic acid groups (broad SMARTS) is 1. The van der Waals surface area contributed by atoms with E-state index in [4.69, 9.17) is 5.11 Å². The van der Waals surface area contributed by atoms with E-state index in [0.717, 1.165) is 0 Å². The maximum Gasteiger partial charge on any atom is 0.407 e. The van der Waals surface area contributed by atoms with Crippen molar-refractivity contribution in [3.63, 3.8) is 0 Å². The van der Waals surface area contributed by atoms with Crippen molar-refractivity contribution in [2.45, 2.75) is 6.54 Å². The molecule has 1 saturated heterocycles. The molecule has 1 fully saturated rings. The van der Waals surface area contributed by atoms with Crippen LogP contribution in [0.5, 0.6) is 0 Å². The molecule has 1 N–H and O–H groups in total. The smallest absolute Gasteiger partial charge is 0.407 e. The molecule has 1 aromatic rings. The van der Waals surface area contributed by atoms with Gasteiger partial charge >= 0.3 is 6.09 Å². The quantitative estimate of drug-likeness (QED) is 0.783. The van der Waals surface area contributed by atoms with Crippen molar-refractivity contribution in [3.05, 3.63) is 29.8 Å². The lowest BCUT2D eigenvalue weighted by molar-refractivity contribution is 0.102. The summed E-state index contributed by atoms with van der Waals surface area (Å²) in [6.45, 7) is 2.86. The molecule has 2 heterocycles. The number of halogens is 1. The van der Waals surface area contributed by atoms with Gasteiger partial charge in [0.15, 0.2) is 0 Å². The number of hydrogen-bond donors (Lipinski definition) is 1. The number of pyridine rings is 1. The SMILES string of the molecule is O=C(O)N1CCN(Cc2cccc(F)n2)CC1. The van der Waals surface area contributed by atoms with Crippen LogP contribution in [0.4, 0.5) is 9.18 Å². The molecular weight excluding hydrogens is 225 g/mol. The van der Waals surface area contributed by atoms with E-state index in [1.165, 1.54) is 11.0 Å². The Balaban J connectivity index is 1.88. The Hall–Kier alpha value is -1.69. The predicted molar refractivity (Wildman–Crippen MR) is 59.1 cm³/mol. The Labute approximate surface area is 98.5 Å². The summed E-state index contributed by atoms with van der Waals surface area (Å²) in [7, 11) is 0. The van der Waals surface area contributed by atoms with Crippen molar-refractivity contribution in [1.29, 1.82) is 0 Å². The monoisotopic (exact) mass is 239 g/mol. The second-order valence-corrected chi connectivity index (χ2v) is 4.00. The standard InChI is InChI=1S/C11H14FN3O2/c12-10-3-1-2-9(13-10)8-14-4-6-15(7-5-14)11(16)17/h1-3H,4-8H2,(H,16,17). The van der Waals surface area contributed by atoms with Crippen molar-refractivity contribution in [3.8, 4) is 0 Å². The number of piperazine rings is 1. The van der Waals surface area contributed by atoms with Gasteiger partial charge in [0, 0.05) is 32.7 Å². The molecule has 0 atom stereocenters. The molecule has 0 saturated carbocycles. The predicted octanol–water partition coefficient (Wildman–Crippen LogP) is 1.02. The van der Waals surface area contributed by atoms with Gasteiger partial charge in [-0.3, -0.25) is 4.90 Å². The molecule has 17 heavy (non-hydrogen) atoms. The van der Waals surface area contributed by atoms with Crippen LogP contribution in [0, 0.1) is 5.95 Å². The zero-order valence-corrected chi connectivity index (χ0v) is 9.34. The lowest BCUT2D eigenvalue weighted by Gasteiger charge is -2.32. The lowest BCUT2D eigenvalue weighted by Crippen LogP contribution is -2.47. The fourth-order valence-electron chi connectivity index (χ4n) is 1.86. The first-order valence-corrected chi connectivity index (χ1v) is 5.47. The zero-order valence-electron chi connectivity index (χ0n) is 9.34. The van der Waals surface area contributed by atoms with E-state index in [9.17, 15) is 9.18 Å². The van der Waals surface area contributed by atoms with E-state index in [1.54, 1.807) is 12.1 Å². The molecular formula is C11H14FN3O2. The second-order valence-electron chi connectivity index (χ2n) is 4.00. The molecule has 5 nitrogen and oxygen atoms in total. The van der Waals surface area contributed by atoms with Gasteiger partial charge in [0.05, 0.1) is 5.69 Å². The Bertz CT molecular complexity index is 405. The third-order valence-corrected chi connectivity index (χ3v) is 2.80. The molecule has 1 aliphatic heterocycles. The maximum atomic E-state index is 12.9. The topological polar surface area (TPSA) is 56.7 Å². The minimum Gasteiger partial charge on any atom is -0.465 e. The average Bonchev–Trinajstić information content (AvgIpc) is 2.29. The first-order valence-electron chi connectivity index (χ1n) is 5.47. The highest BCUT2D eigenvalue weighted by Crippen LogP contribution is 2.07. The number of carbonyl (C=O) groups is 1. The minimum absolute atomic E-state index is 0.480. The van der Waals surface area contributed by atoms with Gasteiger partial charge < -0.3 is 10.0 Å². The number of nitrogens with zero attached hydrogens (tertiary/aromatic N) is 3. The summed E-state index contributed by atoms with van der Waals surface area (Å²) in [5, 5.41) is 8.80. The van der Waals surface area contributed by atoms with E-state index >= 15 is 0 Å². The van der Waals surface area contributed by atoms with Crippen LogP contribution in [0.2, 0.25) is 0 Å². The normalized spacial score (nSPS) is 17.1. The number of rotatable bonds is 2. The molecule has 1 amide bonds. The van der Waals surface area contributed by atoms with Gasteiger partial charge in [-0.05, 0) is 12.1 Å². The lowest BCUT2D eigenvalue weighted by atomic mass is 10.3. The third-order valence-electron chi connectivity index (χ3n) is 2.80. The van der Waals surface area contributed by atoms with E-state index in [-0.39, 0.29) is 0 Å². The van der Waals surface area contributed by atoms with E-state index in [2.05, 4.69) is 9.88 Å². The van der Waals surface area contributed by atoms with Crippen LogP contribution in [0.3, 0.4) is 0 Å². The highest BCUT2D eigenvalue weighted by Gasteiger charge is 2.20. The maximum absolute atomic E-state index is 12.9. The Morgan fingerprint density at radius 3 is 2.65 bits per heavy atom. The van der Waals surface area contributed by atoms with Crippen LogP contribution in [0.1, 0.15) is 5.69 Å². The van der Waals surface area contributed by atoms with Gasteiger partial charge in [0.25, 0.3) is 0 Å². The van der Waals surface area contributed by atoms with Crippen molar-refractivity contribution >= 4 is 6.09 Å². The molecule has 0 aliphatic carbocycles. The highest BCUT2D eigenvalue weighted by atomic mass is 19.1. The summed E-state index contributed by atoms with van der Waals surface area (Å²) in [4.78, 5) is 17.9. The van der Waals surface area contributed by atoms with Gasteiger partial charge in [-0.2, -0.15) is 4.39 Å². The number of hydrogen-bond acceptors (Lipinski definition) is 3. The molecule has 1 aliphatic rings. The van der Waals surface area contributed by atoms with Crippen LogP contribution in [0.15, 0.2) is 18.2 Å². The van der Waals surface area contributed by atoms with Gasteiger partial charge in [0.2, 0.25) is 5.95 Å². The summed E-state index contributed by atoms with van der Waals surface area (Å²) in [5.74, 6) is -0.480. The molecule has 6 heteroatoms. The largest absolute Gasteiger partial charge is 0.465 e. The molecule has 0 bridgehead atoms. The molecule has 0 spiro atoms. The van der Waals surface area contributed by atoms with Crippen LogP contribution in [-0.4, -0.2) is 52.2 Å². The summed E-state index contributed by atoms with van der Waals surface area (Å²) in [6.07, 6.45) is -0.881. The number of aromatic nitrogens is 1. The van der Waals surface area contributed by atoms with Gasteiger partial charge in [-0.15, -0.1) is 0 Å². The molecule has 2 rings (SSSR count). The van der Waals surface area contributed by atoms with Crippen molar-refractivity contribution in [1.82, 2.24) is 14.8 Å². The fourth-order valence-corrected chi connectivity index (χ4v) is 1.86. The van der Waals surface area contributed by atoms with Gasteiger partial charge in [-0.25, -0.2) is 9.78 Å². The van der Waals surface area contributed by atoms with Crippen molar-refractivity contribution < 1.29 is 14.3 Å². The van der Waals surface area contributed by atoms with E-state index in [1.807, 2.05) is 0 Å². The summed E-state index contributed by atoms with van der Waals surface area (Å²) >= 11 is 0. The fraction of sp³-hybridized carbons (Fsp3) is 0.455. The minimum atomic E-state index is -0.881. The molecule has 92 valence electrons. The van der Waals surface area contributed by atoms with E-state index in [0.29, 0.717) is 38.4 Å². The first-order chi connectivity index (χ1) is 8.15. The Morgan fingerprint density at radius 2 is 2.06 bits per heavy atom. The van der Waals surface area contributed by atoms with Crippen LogP contribution < -0.4 is 0 Å². The summed E-state index contributed by atoms with van der Waals surface area (Å²) in [5.41, 5.74) is 0.675.